The van der Waals surface area contributed by atoms with E-state index in [0.29, 0.717) is 6.42 Å². The average Bonchev–Trinajstić information content (AvgIpc) is 1.80. The summed E-state index contributed by atoms with van der Waals surface area (Å²) in [6.45, 7) is 1.89. The van der Waals surface area contributed by atoms with Crippen LogP contribution in [0.4, 0.5) is 4.39 Å². The Morgan fingerprint density at radius 3 is 2.67 bits per heavy atom. The fraction of sp³-hybridized carbons (Fsp3) is 0.286. The van der Waals surface area contributed by atoms with Crippen LogP contribution < -0.4 is 0 Å². The van der Waals surface area contributed by atoms with Crippen LogP contribution in [-0.4, -0.2) is 4.86 Å². The van der Waals surface area contributed by atoms with Gasteiger partial charge in [0.25, 0.3) is 0 Å². The van der Waals surface area contributed by atoms with Crippen LogP contribution in [0.5, 0.6) is 0 Å². The van der Waals surface area contributed by atoms with Crippen LogP contribution in [0, 0.1) is 0 Å². The molecule has 1 rings (SSSR count). The lowest BCUT2D eigenvalue weighted by Gasteiger charge is -2.05. The van der Waals surface area contributed by atoms with E-state index < -0.39 is 0 Å². The smallest absolute Gasteiger partial charge is 0.105 e. The molecule has 0 N–H and O–H groups in total. The maximum absolute atomic E-state index is 12.3. The topological polar surface area (TPSA) is 0 Å². The molecule has 1 aliphatic carbocycles. The lowest BCUT2D eigenvalue weighted by Crippen LogP contribution is -1.99. The molecule has 0 radical (unpaired) electrons. The molecule has 9 heavy (non-hydrogen) atoms. The van der Waals surface area contributed by atoms with E-state index in [-0.39, 0.29) is 5.83 Å². The number of halogens is 1. The molecule has 0 aliphatic heterocycles. The van der Waals surface area contributed by atoms with Gasteiger partial charge in [0.15, 0.2) is 0 Å². The van der Waals surface area contributed by atoms with Crippen molar-refractivity contribution in [3.05, 3.63) is 23.6 Å². The molecule has 1 aliphatic rings. The molecule has 0 fully saturated rings. The third-order valence-corrected chi connectivity index (χ3v) is 1.75. The lowest BCUT2D eigenvalue weighted by atomic mass is 10.1. The van der Waals surface area contributed by atoms with Crippen LogP contribution in [0.3, 0.4) is 0 Å². The summed E-state index contributed by atoms with van der Waals surface area (Å²) in [5, 5.41) is 0. The number of allylic oxidation sites excluding steroid dienone is 4. The van der Waals surface area contributed by atoms with Crippen LogP contribution in [0.1, 0.15) is 13.3 Å². The molecular weight excluding hydrogens is 135 g/mol. The fourth-order valence-electron chi connectivity index (χ4n) is 0.660. The maximum atomic E-state index is 12.3. The zero-order valence-corrected chi connectivity index (χ0v) is 5.96. The highest BCUT2D eigenvalue weighted by molar-refractivity contribution is 7.80. The van der Waals surface area contributed by atoms with Gasteiger partial charge in [-0.05, 0) is 18.6 Å². The molecular formula is C7H7FS. The van der Waals surface area contributed by atoms with Crippen molar-refractivity contribution in [2.75, 3.05) is 0 Å². The monoisotopic (exact) mass is 142 g/mol. The zero-order chi connectivity index (χ0) is 6.85. The first-order chi connectivity index (χ1) is 4.20. The third-order valence-electron chi connectivity index (χ3n) is 1.28. The van der Waals surface area contributed by atoms with E-state index >= 15 is 0 Å². The van der Waals surface area contributed by atoms with Gasteiger partial charge in [0, 0.05) is 11.3 Å². The Kier molecular flexibility index (Phi) is 1.76. The summed E-state index contributed by atoms with van der Waals surface area (Å²) in [6, 6.07) is 0. The van der Waals surface area contributed by atoms with Crippen molar-refractivity contribution in [1.82, 2.24) is 0 Å². The van der Waals surface area contributed by atoms with Gasteiger partial charge in [-0.1, -0.05) is 18.3 Å². The minimum absolute atomic E-state index is 0.134. The standard InChI is InChI=1S/C7H7FS/c1-5-2-3-6(8)4-7(5)9/h2-3H,4H2,1H3. The summed E-state index contributed by atoms with van der Waals surface area (Å²) in [5.41, 5.74) is 1.01. The van der Waals surface area contributed by atoms with E-state index in [0.717, 1.165) is 10.4 Å². The van der Waals surface area contributed by atoms with Crippen molar-refractivity contribution in [2.45, 2.75) is 13.3 Å². The number of hydrogen-bond acceptors (Lipinski definition) is 1. The number of rotatable bonds is 0. The Balaban J connectivity index is 2.86. The van der Waals surface area contributed by atoms with Crippen LogP contribution in [0.25, 0.3) is 0 Å². The molecule has 0 nitrogen and oxygen atoms in total. The van der Waals surface area contributed by atoms with Crippen molar-refractivity contribution in [3.8, 4) is 0 Å². The molecule has 0 saturated carbocycles. The Morgan fingerprint density at radius 2 is 2.22 bits per heavy atom. The summed E-state index contributed by atoms with van der Waals surface area (Å²) in [7, 11) is 0. The Labute approximate surface area is 59.1 Å². The molecule has 0 bridgehead atoms. The first kappa shape index (κ1) is 6.62. The van der Waals surface area contributed by atoms with Crippen LogP contribution in [0.2, 0.25) is 0 Å². The first-order valence-electron chi connectivity index (χ1n) is 2.76. The van der Waals surface area contributed by atoms with E-state index in [1.54, 1.807) is 6.08 Å². The lowest BCUT2D eigenvalue weighted by molar-refractivity contribution is 0.624. The van der Waals surface area contributed by atoms with E-state index in [2.05, 4.69) is 0 Å². The van der Waals surface area contributed by atoms with Gasteiger partial charge in [-0.25, -0.2) is 4.39 Å². The van der Waals surface area contributed by atoms with Gasteiger partial charge >= 0.3 is 0 Å². The first-order valence-corrected chi connectivity index (χ1v) is 3.17. The van der Waals surface area contributed by atoms with Gasteiger partial charge in [0.1, 0.15) is 5.83 Å². The highest BCUT2D eigenvalue weighted by Crippen LogP contribution is 2.16. The molecule has 0 spiro atoms. The van der Waals surface area contributed by atoms with E-state index in [1.807, 2.05) is 6.92 Å². The van der Waals surface area contributed by atoms with Crippen molar-refractivity contribution < 1.29 is 4.39 Å². The summed E-state index contributed by atoms with van der Waals surface area (Å²) >= 11 is 4.86. The molecule has 48 valence electrons. The Morgan fingerprint density at radius 1 is 1.56 bits per heavy atom. The quantitative estimate of drug-likeness (QED) is 0.468. The summed E-state index contributed by atoms with van der Waals surface area (Å²) in [6.07, 6.45) is 3.49. The van der Waals surface area contributed by atoms with Crippen molar-refractivity contribution in [2.24, 2.45) is 0 Å². The predicted octanol–water partition coefficient (Wildman–Crippen LogP) is 2.56. The van der Waals surface area contributed by atoms with Crippen LogP contribution >= 0.6 is 12.2 Å². The normalized spacial score (nSPS) is 19.1. The molecule has 0 aromatic heterocycles. The maximum Gasteiger partial charge on any atom is 0.105 e. The van der Waals surface area contributed by atoms with Gasteiger partial charge in [-0.15, -0.1) is 0 Å². The molecule has 0 atom stereocenters. The van der Waals surface area contributed by atoms with Crippen LogP contribution in [-0.2, 0) is 0 Å². The summed E-state index contributed by atoms with van der Waals surface area (Å²) in [4.78, 5) is 0.718. The largest absolute Gasteiger partial charge is 0.211 e. The number of hydrogen-bond donors (Lipinski definition) is 0. The van der Waals surface area contributed by atoms with E-state index in [4.69, 9.17) is 12.2 Å². The van der Waals surface area contributed by atoms with Crippen LogP contribution in [0.15, 0.2) is 23.6 Å². The van der Waals surface area contributed by atoms with Gasteiger partial charge in [0.2, 0.25) is 0 Å². The van der Waals surface area contributed by atoms with Gasteiger partial charge < -0.3 is 0 Å². The second-order valence-corrected chi connectivity index (χ2v) is 2.56. The number of thiocarbonyl (C=S) groups is 1. The Bertz CT molecular complexity index is 201. The molecule has 0 aromatic carbocycles. The SMILES string of the molecule is CC1=CC=C(F)CC1=S. The average molecular weight is 142 g/mol. The zero-order valence-electron chi connectivity index (χ0n) is 5.15. The van der Waals surface area contributed by atoms with Gasteiger partial charge in [0.05, 0.1) is 0 Å². The molecule has 0 unspecified atom stereocenters. The highest BCUT2D eigenvalue weighted by atomic mass is 32.1. The second kappa shape index (κ2) is 2.40. The highest BCUT2D eigenvalue weighted by Gasteiger charge is 2.06. The van der Waals surface area contributed by atoms with Crippen molar-refractivity contribution in [3.63, 3.8) is 0 Å². The van der Waals surface area contributed by atoms with E-state index in [1.165, 1.54) is 6.08 Å². The summed E-state index contributed by atoms with van der Waals surface area (Å²) < 4.78 is 12.3. The van der Waals surface area contributed by atoms with Crippen molar-refractivity contribution in [1.29, 1.82) is 0 Å². The summed E-state index contributed by atoms with van der Waals surface area (Å²) in [5.74, 6) is -0.134. The predicted molar refractivity (Wildman–Crippen MR) is 40.2 cm³/mol. The fourth-order valence-corrected chi connectivity index (χ4v) is 0.866. The molecule has 0 saturated heterocycles. The molecule has 0 aromatic rings. The van der Waals surface area contributed by atoms with Gasteiger partial charge in [-0.2, -0.15) is 0 Å². The minimum Gasteiger partial charge on any atom is -0.211 e. The molecule has 0 amide bonds. The van der Waals surface area contributed by atoms with Crippen molar-refractivity contribution >= 4 is 17.1 Å². The van der Waals surface area contributed by atoms with Gasteiger partial charge in [-0.3, -0.25) is 0 Å². The second-order valence-electron chi connectivity index (χ2n) is 2.06. The Hall–Kier alpha value is -0.500. The molecule has 0 heterocycles. The van der Waals surface area contributed by atoms with E-state index in [9.17, 15) is 4.39 Å². The molecule has 2 heteroatoms. The third kappa shape index (κ3) is 1.45. The minimum atomic E-state index is -0.134.